The molecule has 0 saturated heterocycles. The number of amidine groups is 1. The molecule has 0 aliphatic heterocycles. The quantitative estimate of drug-likeness (QED) is 0.432. The number of hydrogen-bond donors (Lipinski definition) is 2. The number of rotatable bonds is 7. The molecule has 0 aliphatic rings. The topological polar surface area (TPSA) is 59.1 Å². The van der Waals surface area contributed by atoms with Crippen molar-refractivity contribution in [2.45, 2.75) is 39.5 Å². The Labute approximate surface area is 103 Å². The van der Waals surface area contributed by atoms with Gasteiger partial charge in [-0.05, 0) is 25.0 Å². The molecule has 0 fully saturated rings. The Balaban J connectivity index is 2.60. The summed E-state index contributed by atoms with van der Waals surface area (Å²) >= 11 is 0. The summed E-state index contributed by atoms with van der Waals surface area (Å²) in [5.74, 6) is 0.828. The maximum atomic E-state index is 7.52. The molecule has 1 aromatic rings. The van der Waals surface area contributed by atoms with Crippen LogP contribution in [-0.2, 0) is 0 Å². The summed E-state index contributed by atoms with van der Waals surface area (Å²) < 4.78 is 5.75. The van der Waals surface area contributed by atoms with Crippen molar-refractivity contribution in [3.63, 3.8) is 0 Å². The normalized spacial score (nSPS) is 10.2. The number of nitrogens with one attached hydrogen (secondary N) is 1. The second-order valence-corrected chi connectivity index (χ2v) is 4.27. The summed E-state index contributed by atoms with van der Waals surface area (Å²) in [4.78, 5) is 0. The Morgan fingerprint density at radius 2 is 2.06 bits per heavy atom. The van der Waals surface area contributed by atoms with Crippen molar-refractivity contribution >= 4 is 5.84 Å². The number of unbranched alkanes of at least 4 members (excludes halogenated alkanes) is 3. The standard InChI is InChI=1S/C14H22N2O/c1-3-4-5-6-10-17-13-11(2)8-7-9-12(13)14(15)16/h7-9H,3-6,10H2,1-2H3,(H3,15,16). The van der Waals surface area contributed by atoms with Crippen molar-refractivity contribution in [2.24, 2.45) is 5.73 Å². The van der Waals surface area contributed by atoms with Gasteiger partial charge in [-0.15, -0.1) is 0 Å². The van der Waals surface area contributed by atoms with Crippen LogP contribution < -0.4 is 10.5 Å². The molecule has 0 amide bonds. The summed E-state index contributed by atoms with van der Waals surface area (Å²) in [6.45, 7) is 4.87. The summed E-state index contributed by atoms with van der Waals surface area (Å²) in [7, 11) is 0. The number of nitrogen functional groups attached to an aromatic ring is 1. The van der Waals surface area contributed by atoms with E-state index in [0.29, 0.717) is 12.2 Å². The third-order valence-electron chi connectivity index (χ3n) is 2.75. The second-order valence-electron chi connectivity index (χ2n) is 4.27. The number of hydrogen-bond acceptors (Lipinski definition) is 2. The molecule has 0 aliphatic carbocycles. The van der Waals surface area contributed by atoms with E-state index in [2.05, 4.69) is 6.92 Å². The average molecular weight is 234 g/mol. The fraction of sp³-hybridized carbons (Fsp3) is 0.500. The molecule has 94 valence electrons. The zero-order valence-electron chi connectivity index (χ0n) is 10.8. The molecule has 0 radical (unpaired) electrons. The minimum absolute atomic E-state index is 0.0669. The summed E-state index contributed by atoms with van der Waals surface area (Å²) in [5, 5.41) is 7.52. The van der Waals surface area contributed by atoms with Crippen LogP contribution in [0.15, 0.2) is 18.2 Å². The van der Waals surface area contributed by atoms with E-state index in [4.69, 9.17) is 15.9 Å². The molecule has 1 aromatic carbocycles. The summed E-state index contributed by atoms with van der Waals surface area (Å²) in [6.07, 6.45) is 4.72. The lowest BCUT2D eigenvalue weighted by atomic mass is 10.1. The van der Waals surface area contributed by atoms with Crippen molar-refractivity contribution in [3.8, 4) is 5.75 Å². The van der Waals surface area contributed by atoms with Crippen LogP contribution in [0.5, 0.6) is 5.75 Å². The van der Waals surface area contributed by atoms with Gasteiger partial charge in [0.1, 0.15) is 11.6 Å². The molecular weight excluding hydrogens is 212 g/mol. The SMILES string of the molecule is CCCCCCOc1c(C)cccc1C(=N)N. The van der Waals surface area contributed by atoms with Crippen LogP contribution in [0.4, 0.5) is 0 Å². The Bertz CT molecular complexity index is 374. The third kappa shape index (κ3) is 4.10. The zero-order chi connectivity index (χ0) is 12.7. The van der Waals surface area contributed by atoms with E-state index in [0.717, 1.165) is 17.7 Å². The van der Waals surface area contributed by atoms with Gasteiger partial charge in [-0.1, -0.05) is 38.3 Å². The highest BCUT2D eigenvalue weighted by Crippen LogP contribution is 2.23. The van der Waals surface area contributed by atoms with Gasteiger partial charge < -0.3 is 10.5 Å². The van der Waals surface area contributed by atoms with Crippen LogP contribution in [0.2, 0.25) is 0 Å². The second kappa shape index (κ2) is 6.94. The maximum absolute atomic E-state index is 7.52. The molecule has 3 heteroatoms. The van der Waals surface area contributed by atoms with E-state index >= 15 is 0 Å². The largest absolute Gasteiger partial charge is 0.493 e. The third-order valence-corrected chi connectivity index (χ3v) is 2.75. The van der Waals surface area contributed by atoms with Gasteiger partial charge in [-0.2, -0.15) is 0 Å². The number of para-hydroxylation sites is 1. The van der Waals surface area contributed by atoms with E-state index in [1.165, 1.54) is 19.3 Å². The van der Waals surface area contributed by atoms with Gasteiger partial charge in [-0.3, -0.25) is 5.41 Å². The van der Waals surface area contributed by atoms with E-state index in [1.54, 1.807) is 0 Å². The molecule has 0 spiro atoms. The van der Waals surface area contributed by atoms with Gasteiger partial charge in [0, 0.05) is 0 Å². The smallest absolute Gasteiger partial charge is 0.133 e. The van der Waals surface area contributed by atoms with Crippen LogP contribution in [0.25, 0.3) is 0 Å². The van der Waals surface area contributed by atoms with Gasteiger partial charge in [0.2, 0.25) is 0 Å². The number of nitrogens with two attached hydrogens (primary N) is 1. The first-order chi connectivity index (χ1) is 8.16. The Morgan fingerprint density at radius 1 is 1.29 bits per heavy atom. The predicted octanol–water partition coefficient (Wildman–Crippen LogP) is 3.24. The van der Waals surface area contributed by atoms with Crippen molar-refractivity contribution in [2.75, 3.05) is 6.61 Å². The van der Waals surface area contributed by atoms with Crippen molar-refractivity contribution in [1.29, 1.82) is 5.41 Å². The molecule has 0 heterocycles. The first-order valence-corrected chi connectivity index (χ1v) is 6.23. The van der Waals surface area contributed by atoms with Gasteiger partial charge >= 0.3 is 0 Å². The molecule has 0 aromatic heterocycles. The van der Waals surface area contributed by atoms with E-state index < -0.39 is 0 Å². The molecule has 0 bridgehead atoms. The lowest BCUT2D eigenvalue weighted by Crippen LogP contribution is -2.14. The van der Waals surface area contributed by atoms with Gasteiger partial charge in [0.05, 0.1) is 12.2 Å². The van der Waals surface area contributed by atoms with Crippen molar-refractivity contribution in [3.05, 3.63) is 29.3 Å². The molecular formula is C14H22N2O. The summed E-state index contributed by atoms with van der Waals surface area (Å²) in [5.41, 5.74) is 7.27. The first-order valence-electron chi connectivity index (χ1n) is 6.23. The first kappa shape index (κ1) is 13.6. The number of benzene rings is 1. The Hall–Kier alpha value is -1.51. The van der Waals surface area contributed by atoms with E-state index in [1.807, 2.05) is 25.1 Å². The number of ether oxygens (including phenoxy) is 1. The molecule has 3 N–H and O–H groups in total. The lowest BCUT2D eigenvalue weighted by molar-refractivity contribution is 0.302. The highest BCUT2D eigenvalue weighted by Gasteiger charge is 2.08. The minimum Gasteiger partial charge on any atom is -0.493 e. The lowest BCUT2D eigenvalue weighted by Gasteiger charge is -2.13. The highest BCUT2D eigenvalue weighted by atomic mass is 16.5. The summed E-state index contributed by atoms with van der Waals surface area (Å²) in [6, 6.07) is 5.71. The Morgan fingerprint density at radius 3 is 2.71 bits per heavy atom. The van der Waals surface area contributed by atoms with Crippen LogP contribution in [-0.4, -0.2) is 12.4 Å². The molecule has 17 heavy (non-hydrogen) atoms. The molecule has 0 unspecified atom stereocenters. The zero-order valence-corrected chi connectivity index (χ0v) is 10.8. The maximum Gasteiger partial charge on any atom is 0.133 e. The van der Waals surface area contributed by atoms with Gasteiger partial charge in [0.15, 0.2) is 0 Å². The average Bonchev–Trinajstić information content (AvgIpc) is 2.30. The minimum atomic E-state index is 0.0669. The van der Waals surface area contributed by atoms with Gasteiger partial charge in [0.25, 0.3) is 0 Å². The molecule has 0 atom stereocenters. The molecule has 0 saturated carbocycles. The van der Waals surface area contributed by atoms with Crippen molar-refractivity contribution in [1.82, 2.24) is 0 Å². The van der Waals surface area contributed by atoms with Crippen LogP contribution >= 0.6 is 0 Å². The fourth-order valence-electron chi connectivity index (χ4n) is 1.76. The van der Waals surface area contributed by atoms with Crippen LogP contribution in [0.3, 0.4) is 0 Å². The monoisotopic (exact) mass is 234 g/mol. The fourth-order valence-corrected chi connectivity index (χ4v) is 1.76. The van der Waals surface area contributed by atoms with E-state index in [9.17, 15) is 0 Å². The van der Waals surface area contributed by atoms with Crippen molar-refractivity contribution < 1.29 is 4.74 Å². The number of aryl methyl sites for hydroxylation is 1. The molecule has 3 nitrogen and oxygen atoms in total. The van der Waals surface area contributed by atoms with Gasteiger partial charge in [-0.25, -0.2) is 0 Å². The molecule has 1 rings (SSSR count). The van der Waals surface area contributed by atoms with Crippen LogP contribution in [0.1, 0.15) is 43.7 Å². The van der Waals surface area contributed by atoms with Crippen LogP contribution in [0, 0.1) is 12.3 Å². The highest BCUT2D eigenvalue weighted by molar-refractivity contribution is 5.98. The Kier molecular flexibility index (Phi) is 5.53. The predicted molar refractivity (Wildman–Crippen MR) is 71.8 cm³/mol. The van der Waals surface area contributed by atoms with E-state index in [-0.39, 0.29) is 5.84 Å².